The number of anilines is 1. The maximum absolute atomic E-state index is 12.6. The van der Waals surface area contributed by atoms with Crippen molar-refractivity contribution in [1.82, 2.24) is 0 Å². The van der Waals surface area contributed by atoms with Gasteiger partial charge in [-0.15, -0.1) is 11.3 Å². The molecule has 4 rings (SSSR count). The van der Waals surface area contributed by atoms with Crippen molar-refractivity contribution < 1.29 is 19.5 Å². The molecule has 7 heteroatoms. The van der Waals surface area contributed by atoms with Gasteiger partial charge >= 0.3 is 5.97 Å². The molecule has 1 heterocycles. The number of amides is 2. The molecule has 2 bridgehead atoms. The van der Waals surface area contributed by atoms with Gasteiger partial charge in [-0.25, -0.2) is 0 Å². The average molecular weight is 322 g/mol. The fourth-order valence-corrected chi connectivity index (χ4v) is 4.77. The standard InChI is InChI=1S/C15H18N2O4S/c16-12(18)9-5-6-22-14(9)17-13(19)10-7-1-3-8(4-2-7)11(10)15(20)21/h5-8,10-11H,1-4H2,(H2,16,18)(H,17,19)(H,20,21)/t7?,8?,10-,11-/m0/s1. The Morgan fingerprint density at radius 3 is 2.27 bits per heavy atom. The number of rotatable bonds is 4. The highest BCUT2D eigenvalue weighted by Gasteiger charge is 2.50. The molecule has 0 spiro atoms. The van der Waals surface area contributed by atoms with E-state index in [0.717, 1.165) is 25.7 Å². The minimum absolute atomic E-state index is 0.0807. The number of nitrogens with two attached hydrogens (primary N) is 1. The third-order valence-electron chi connectivity index (χ3n) is 4.97. The monoisotopic (exact) mass is 322 g/mol. The maximum atomic E-state index is 12.6. The molecule has 3 fully saturated rings. The van der Waals surface area contributed by atoms with Crippen molar-refractivity contribution in [3.8, 4) is 0 Å². The van der Waals surface area contributed by atoms with Crippen LogP contribution >= 0.6 is 11.3 Å². The van der Waals surface area contributed by atoms with Crippen LogP contribution in [0.4, 0.5) is 5.00 Å². The summed E-state index contributed by atoms with van der Waals surface area (Å²) in [7, 11) is 0. The molecule has 3 aliphatic rings. The van der Waals surface area contributed by atoms with Crippen LogP contribution in [0.1, 0.15) is 36.0 Å². The van der Waals surface area contributed by atoms with E-state index in [1.165, 1.54) is 11.3 Å². The van der Waals surface area contributed by atoms with Crippen molar-refractivity contribution in [3.05, 3.63) is 17.0 Å². The van der Waals surface area contributed by atoms with E-state index in [9.17, 15) is 19.5 Å². The van der Waals surface area contributed by atoms with Gasteiger partial charge in [-0.3, -0.25) is 14.4 Å². The van der Waals surface area contributed by atoms with Gasteiger partial charge in [0, 0.05) is 0 Å². The lowest BCUT2D eigenvalue weighted by Gasteiger charge is -2.45. The number of fused-ring (bicyclic) bond motifs is 3. The first kappa shape index (κ1) is 15.0. The summed E-state index contributed by atoms with van der Waals surface area (Å²) in [6, 6.07) is 1.56. The number of primary amides is 1. The average Bonchev–Trinajstić information content (AvgIpc) is 2.95. The van der Waals surface area contributed by atoms with Crippen molar-refractivity contribution in [2.45, 2.75) is 25.7 Å². The van der Waals surface area contributed by atoms with Gasteiger partial charge in [0.05, 0.1) is 17.4 Å². The van der Waals surface area contributed by atoms with Gasteiger partial charge in [-0.1, -0.05) is 0 Å². The smallest absolute Gasteiger partial charge is 0.307 e. The lowest BCUT2D eigenvalue weighted by molar-refractivity contribution is -0.156. The summed E-state index contributed by atoms with van der Waals surface area (Å²) in [4.78, 5) is 35.5. The summed E-state index contributed by atoms with van der Waals surface area (Å²) in [6.07, 6.45) is 3.58. The topological polar surface area (TPSA) is 109 Å². The van der Waals surface area contributed by atoms with Crippen LogP contribution in [-0.2, 0) is 9.59 Å². The second-order valence-electron chi connectivity index (χ2n) is 6.08. The number of carbonyl (C=O) groups excluding carboxylic acids is 2. The number of nitrogens with one attached hydrogen (secondary N) is 1. The van der Waals surface area contributed by atoms with Crippen molar-refractivity contribution in [2.24, 2.45) is 29.4 Å². The summed E-state index contributed by atoms with van der Waals surface area (Å²) < 4.78 is 0. The molecular formula is C15H18N2O4S. The van der Waals surface area contributed by atoms with Crippen LogP contribution < -0.4 is 11.1 Å². The molecule has 6 nitrogen and oxygen atoms in total. The molecule has 0 radical (unpaired) electrons. The number of hydrogen-bond donors (Lipinski definition) is 3. The van der Waals surface area contributed by atoms with Crippen molar-refractivity contribution in [3.63, 3.8) is 0 Å². The summed E-state index contributed by atoms with van der Waals surface area (Å²) >= 11 is 1.22. The van der Waals surface area contributed by atoms with E-state index in [4.69, 9.17) is 5.73 Å². The normalized spacial score (nSPS) is 30.0. The molecule has 0 saturated heterocycles. The molecule has 1 aromatic heterocycles. The highest BCUT2D eigenvalue weighted by molar-refractivity contribution is 7.14. The van der Waals surface area contributed by atoms with E-state index >= 15 is 0 Å². The minimum atomic E-state index is -0.893. The molecule has 0 unspecified atom stereocenters. The summed E-state index contributed by atoms with van der Waals surface area (Å²) in [5, 5.41) is 14.3. The minimum Gasteiger partial charge on any atom is -0.481 e. The lowest BCUT2D eigenvalue weighted by atomic mass is 9.58. The summed E-state index contributed by atoms with van der Waals surface area (Å²) in [6.45, 7) is 0. The van der Waals surface area contributed by atoms with Gasteiger partial charge in [0.2, 0.25) is 5.91 Å². The van der Waals surface area contributed by atoms with Crippen LogP contribution in [-0.4, -0.2) is 22.9 Å². The Morgan fingerprint density at radius 2 is 1.73 bits per heavy atom. The van der Waals surface area contributed by atoms with E-state index < -0.39 is 23.7 Å². The molecular weight excluding hydrogens is 304 g/mol. The molecule has 3 saturated carbocycles. The fourth-order valence-electron chi connectivity index (χ4n) is 3.98. The first-order valence-electron chi connectivity index (χ1n) is 7.40. The van der Waals surface area contributed by atoms with Gasteiger partial charge in [-0.2, -0.15) is 0 Å². The Labute approximate surface area is 131 Å². The number of aliphatic carboxylic acids is 1. The predicted molar refractivity (Wildman–Crippen MR) is 81.5 cm³/mol. The van der Waals surface area contributed by atoms with E-state index in [-0.39, 0.29) is 23.3 Å². The Balaban J connectivity index is 1.82. The third-order valence-corrected chi connectivity index (χ3v) is 5.80. The zero-order valence-corrected chi connectivity index (χ0v) is 12.8. The Kier molecular flexibility index (Phi) is 3.90. The second kappa shape index (κ2) is 5.72. The van der Waals surface area contributed by atoms with Gasteiger partial charge < -0.3 is 16.2 Å². The highest BCUT2D eigenvalue weighted by Crippen LogP contribution is 2.49. The van der Waals surface area contributed by atoms with E-state index in [2.05, 4.69) is 5.32 Å². The third kappa shape index (κ3) is 2.49. The quantitative estimate of drug-likeness (QED) is 0.786. The molecule has 2 atom stereocenters. The number of carboxylic acids is 1. The van der Waals surface area contributed by atoms with Crippen LogP contribution in [0, 0.1) is 23.7 Å². The van der Waals surface area contributed by atoms with Crippen LogP contribution in [0.3, 0.4) is 0 Å². The van der Waals surface area contributed by atoms with Crippen molar-refractivity contribution >= 4 is 34.1 Å². The Morgan fingerprint density at radius 1 is 1.14 bits per heavy atom. The first-order valence-corrected chi connectivity index (χ1v) is 8.28. The number of carbonyl (C=O) groups is 3. The molecule has 1 aromatic rings. The molecule has 3 aliphatic carbocycles. The van der Waals surface area contributed by atoms with E-state index in [1.807, 2.05) is 0 Å². The molecule has 0 aromatic carbocycles. The zero-order chi connectivity index (χ0) is 15.9. The fraction of sp³-hybridized carbons (Fsp3) is 0.533. The summed E-state index contributed by atoms with van der Waals surface area (Å²) in [5.41, 5.74) is 5.54. The SMILES string of the molecule is NC(=O)c1ccsc1NC(=O)[C@H]1C2CCC(CC2)[C@@H]1C(=O)O. The Bertz CT molecular complexity index is 619. The Hall–Kier alpha value is -1.89. The second-order valence-corrected chi connectivity index (χ2v) is 7.00. The summed E-state index contributed by atoms with van der Waals surface area (Å²) in [5.74, 6) is -2.74. The van der Waals surface area contributed by atoms with Crippen molar-refractivity contribution in [1.29, 1.82) is 0 Å². The van der Waals surface area contributed by atoms with E-state index in [0.29, 0.717) is 5.00 Å². The van der Waals surface area contributed by atoms with Gasteiger partial charge in [0.25, 0.3) is 5.91 Å². The first-order chi connectivity index (χ1) is 10.5. The van der Waals surface area contributed by atoms with Crippen LogP contribution in [0.15, 0.2) is 11.4 Å². The van der Waals surface area contributed by atoms with Gasteiger partial charge in [0.1, 0.15) is 5.00 Å². The van der Waals surface area contributed by atoms with Gasteiger partial charge in [0.15, 0.2) is 0 Å². The lowest BCUT2D eigenvalue weighted by Crippen LogP contribution is -2.49. The molecule has 2 amide bonds. The van der Waals surface area contributed by atoms with Crippen LogP contribution in [0.2, 0.25) is 0 Å². The number of carboxylic acid groups (broad SMARTS) is 1. The highest BCUT2D eigenvalue weighted by atomic mass is 32.1. The van der Waals surface area contributed by atoms with Gasteiger partial charge in [-0.05, 0) is 49.0 Å². The largest absolute Gasteiger partial charge is 0.481 e. The van der Waals surface area contributed by atoms with Crippen LogP contribution in [0.5, 0.6) is 0 Å². The van der Waals surface area contributed by atoms with Crippen molar-refractivity contribution in [2.75, 3.05) is 5.32 Å². The zero-order valence-electron chi connectivity index (χ0n) is 12.0. The molecule has 22 heavy (non-hydrogen) atoms. The number of thiophene rings is 1. The maximum Gasteiger partial charge on any atom is 0.307 e. The molecule has 118 valence electrons. The molecule has 4 N–H and O–H groups in total. The molecule has 0 aliphatic heterocycles. The van der Waals surface area contributed by atoms with E-state index in [1.54, 1.807) is 11.4 Å². The predicted octanol–water partition coefficient (Wildman–Crippen LogP) is 1.92. The van der Waals surface area contributed by atoms with Crippen LogP contribution in [0.25, 0.3) is 0 Å². The number of hydrogen-bond acceptors (Lipinski definition) is 4.